The Morgan fingerprint density at radius 2 is 2.08 bits per heavy atom. The van der Waals surface area contributed by atoms with E-state index in [2.05, 4.69) is 0 Å². The average Bonchev–Trinajstić information content (AvgIpc) is 3.30. The van der Waals surface area contributed by atoms with Gasteiger partial charge in [0.25, 0.3) is 5.56 Å². The molecule has 2 aliphatic rings. The molecular formula is C18H21ClFN3O. The minimum absolute atomic E-state index is 0.0389. The van der Waals surface area contributed by atoms with E-state index in [0.29, 0.717) is 23.5 Å². The van der Waals surface area contributed by atoms with Crippen LogP contribution in [0.1, 0.15) is 30.9 Å². The van der Waals surface area contributed by atoms with Crippen LogP contribution in [0.3, 0.4) is 0 Å². The highest BCUT2D eigenvalue weighted by Crippen LogP contribution is 2.42. The van der Waals surface area contributed by atoms with Gasteiger partial charge in [0.15, 0.2) is 5.82 Å². The number of nitrogens with zero attached hydrogens (tertiary/aromatic N) is 2. The number of nitrogens with two attached hydrogens (primary N) is 1. The molecule has 1 aliphatic heterocycles. The average molecular weight is 350 g/mol. The normalized spacial score (nSPS) is 21.0. The molecule has 2 aromatic rings. The van der Waals surface area contributed by atoms with Crippen molar-refractivity contribution in [3.05, 3.63) is 38.9 Å². The smallest absolute Gasteiger partial charge is 0.251 e. The zero-order valence-corrected chi connectivity index (χ0v) is 14.4. The van der Waals surface area contributed by atoms with Gasteiger partial charge in [-0.05, 0) is 50.3 Å². The van der Waals surface area contributed by atoms with Crippen molar-refractivity contribution < 1.29 is 4.39 Å². The van der Waals surface area contributed by atoms with E-state index in [9.17, 15) is 4.79 Å². The Labute approximate surface area is 145 Å². The third-order valence-electron chi connectivity index (χ3n) is 5.32. The van der Waals surface area contributed by atoms with Crippen LogP contribution >= 0.6 is 11.6 Å². The third kappa shape index (κ3) is 2.33. The number of rotatable bonds is 3. The summed E-state index contributed by atoms with van der Waals surface area (Å²) in [6.45, 7) is 4.00. The van der Waals surface area contributed by atoms with Crippen molar-refractivity contribution in [3.8, 4) is 0 Å². The van der Waals surface area contributed by atoms with Crippen LogP contribution in [-0.4, -0.2) is 24.2 Å². The molecule has 1 saturated carbocycles. The Bertz CT molecular complexity index is 875. The number of fused-ring (bicyclic) bond motifs is 1. The summed E-state index contributed by atoms with van der Waals surface area (Å²) in [7, 11) is 0. The molecule has 1 unspecified atom stereocenters. The van der Waals surface area contributed by atoms with Crippen molar-refractivity contribution in [1.29, 1.82) is 0 Å². The Balaban J connectivity index is 1.98. The zero-order valence-electron chi connectivity index (χ0n) is 13.7. The first-order chi connectivity index (χ1) is 11.5. The van der Waals surface area contributed by atoms with Crippen molar-refractivity contribution in [2.45, 2.75) is 32.2 Å². The molecule has 2 heterocycles. The number of halogens is 2. The fraction of sp³-hybridized carbons (Fsp3) is 0.500. The van der Waals surface area contributed by atoms with Gasteiger partial charge in [-0.15, -0.1) is 0 Å². The second-order valence-corrected chi connectivity index (χ2v) is 7.35. The van der Waals surface area contributed by atoms with Gasteiger partial charge >= 0.3 is 0 Å². The summed E-state index contributed by atoms with van der Waals surface area (Å²) >= 11 is 6.36. The molecule has 2 N–H and O–H groups in total. The van der Waals surface area contributed by atoms with Gasteiger partial charge in [-0.3, -0.25) is 4.79 Å². The molecule has 128 valence electrons. The Morgan fingerprint density at radius 3 is 2.71 bits per heavy atom. The fourth-order valence-electron chi connectivity index (χ4n) is 3.91. The quantitative estimate of drug-likeness (QED) is 0.925. The predicted octanol–water partition coefficient (Wildman–Crippen LogP) is 3.22. The first kappa shape index (κ1) is 15.9. The Hall–Kier alpha value is -1.59. The maximum absolute atomic E-state index is 15.0. The van der Waals surface area contributed by atoms with E-state index in [1.54, 1.807) is 10.6 Å². The second-order valence-electron chi connectivity index (χ2n) is 6.97. The standard InChI is InChI=1S/C18H21ClFN3O/c1-10-17-13(4-5-14(24)23(17)12-2-3-12)15(19)16(20)18(10)22-7-6-11(8-21)9-22/h4-5,11-12H,2-3,6-9,21H2,1H3. The molecule has 1 atom stereocenters. The predicted molar refractivity (Wildman–Crippen MR) is 95.6 cm³/mol. The van der Waals surface area contributed by atoms with Gasteiger partial charge < -0.3 is 15.2 Å². The highest BCUT2D eigenvalue weighted by Gasteiger charge is 2.31. The largest absolute Gasteiger partial charge is 0.369 e. The SMILES string of the molecule is Cc1c(N2CCC(CN)C2)c(F)c(Cl)c2ccc(=O)n(C3CC3)c12. The van der Waals surface area contributed by atoms with E-state index in [-0.39, 0.29) is 22.4 Å². The van der Waals surface area contributed by atoms with E-state index < -0.39 is 0 Å². The molecule has 24 heavy (non-hydrogen) atoms. The van der Waals surface area contributed by atoms with Crippen LogP contribution in [0.25, 0.3) is 10.9 Å². The summed E-state index contributed by atoms with van der Waals surface area (Å²) in [4.78, 5) is 14.4. The van der Waals surface area contributed by atoms with Gasteiger partial charge in [0.05, 0.1) is 16.2 Å². The van der Waals surface area contributed by atoms with E-state index in [4.69, 9.17) is 17.3 Å². The summed E-state index contributed by atoms with van der Waals surface area (Å²) in [5, 5.41) is 0.729. The Morgan fingerprint density at radius 1 is 1.33 bits per heavy atom. The number of hydrogen-bond acceptors (Lipinski definition) is 3. The number of aryl methyl sites for hydroxylation is 1. The van der Waals surface area contributed by atoms with Crippen LogP contribution in [0.5, 0.6) is 0 Å². The second kappa shape index (κ2) is 5.74. The first-order valence-electron chi connectivity index (χ1n) is 8.50. The summed E-state index contributed by atoms with van der Waals surface area (Å²) < 4.78 is 16.8. The van der Waals surface area contributed by atoms with Gasteiger partial charge in [-0.1, -0.05) is 11.6 Å². The Kier molecular flexibility index (Phi) is 3.81. The lowest BCUT2D eigenvalue weighted by Gasteiger charge is -2.25. The number of pyridine rings is 1. The minimum atomic E-state index is -0.389. The summed E-state index contributed by atoms with van der Waals surface area (Å²) in [5.41, 5.74) is 7.84. The monoisotopic (exact) mass is 349 g/mol. The van der Waals surface area contributed by atoms with Crippen molar-refractivity contribution >= 4 is 28.2 Å². The zero-order chi connectivity index (χ0) is 17.0. The number of anilines is 1. The van der Waals surface area contributed by atoms with Gasteiger partial charge in [-0.25, -0.2) is 4.39 Å². The lowest BCUT2D eigenvalue weighted by molar-refractivity contribution is 0.597. The maximum atomic E-state index is 15.0. The van der Waals surface area contributed by atoms with Crippen LogP contribution in [0, 0.1) is 18.7 Å². The summed E-state index contributed by atoms with van der Waals surface area (Å²) in [6, 6.07) is 3.35. The van der Waals surface area contributed by atoms with E-state index >= 15 is 4.39 Å². The molecule has 1 aromatic carbocycles. The lowest BCUT2D eigenvalue weighted by atomic mass is 10.1. The molecule has 1 saturated heterocycles. The van der Waals surface area contributed by atoms with Crippen molar-refractivity contribution in [2.24, 2.45) is 11.7 Å². The van der Waals surface area contributed by atoms with Crippen molar-refractivity contribution in [3.63, 3.8) is 0 Å². The molecule has 0 spiro atoms. The molecule has 0 radical (unpaired) electrons. The highest BCUT2D eigenvalue weighted by atomic mass is 35.5. The van der Waals surface area contributed by atoms with Crippen LogP contribution in [0.15, 0.2) is 16.9 Å². The van der Waals surface area contributed by atoms with Crippen LogP contribution < -0.4 is 16.2 Å². The van der Waals surface area contributed by atoms with Gasteiger partial charge in [0.2, 0.25) is 0 Å². The molecule has 4 nitrogen and oxygen atoms in total. The molecule has 0 bridgehead atoms. The van der Waals surface area contributed by atoms with E-state index in [1.807, 2.05) is 11.8 Å². The number of benzene rings is 1. The van der Waals surface area contributed by atoms with Crippen molar-refractivity contribution in [2.75, 3.05) is 24.5 Å². The van der Waals surface area contributed by atoms with Gasteiger partial charge in [-0.2, -0.15) is 0 Å². The third-order valence-corrected chi connectivity index (χ3v) is 5.69. The minimum Gasteiger partial charge on any atom is -0.369 e. The van der Waals surface area contributed by atoms with E-state index in [0.717, 1.165) is 43.4 Å². The highest BCUT2D eigenvalue weighted by molar-refractivity contribution is 6.36. The van der Waals surface area contributed by atoms with Crippen LogP contribution in [0.4, 0.5) is 10.1 Å². The van der Waals surface area contributed by atoms with Crippen LogP contribution in [-0.2, 0) is 0 Å². The number of aromatic nitrogens is 1. The summed E-state index contributed by atoms with van der Waals surface area (Å²) in [6.07, 6.45) is 2.93. The topological polar surface area (TPSA) is 51.3 Å². The van der Waals surface area contributed by atoms with Gasteiger partial charge in [0, 0.05) is 30.6 Å². The molecule has 1 aliphatic carbocycles. The van der Waals surface area contributed by atoms with Gasteiger partial charge in [0.1, 0.15) is 0 Å². The molecule has 4 rings (SSSR count). The maximum Gasteiger partial charge on any atom is 0.251 e. The lowest BCUT2D eigenvalue weighted by Crippen LogP contribution is -2.26. The molecule has 1 aromatic heterocycles. The fourth-order valence-corrected chi connectivity index (χ4v) is 4.15. The first-order valence-corrected chi connectivity index (χ1v) is 8.88. The van der Waals surface area contributed by atoms with Crippen molar-refractivity contribution in [1.82, 2.24) is 4.57 Å². The van der Waals surface area contributed by atoms with E-state index in [1.165, 1.54) is 6.07 Å². The molecule has 2 fully saturated rings. The summed E-state index contributed by atoms with van der Waals surface area (Å²) in [5.74, 6) is -0.0139. The van der Waals surface area contributed by atoms with Crippen LogP contribution in [0.2, 0.25) is 5.02 Å². The number of hydrogen-bond donors (Lipinski definition) is 1. The molecule has 6 heteroatoms. The molecule has 0 amide bonds. The molecular weight excluding hydrogens is 329 g/mol.